The first-order valence-corrected chi connectivity index (χ1v) is 12.0. The molecule has 0 amide bonds. The average molecular weight is 314 g/mol. The molecule has 0 unspecified atom stereocenters. The topological polar surface area (TPSA) is 0 Å². The summed E-state index contributed by atoms with van der Waals surface area (Å²) in [6.07, 6.45) is 11.3. The first-order chi connectivity index (χ1) is 9.36. The van der Waals surface area contributed by atoms with Crippen molar-refractivity contribution in [2.75, 3.05) is 12.3 Å². The lowest BCUT2D eigenvalue weighted by atomic mass is 10.3. The Balaban J connectivity index is 2.30. The molecule has 0 saturated carbocycles. The van der Waals surface area contributed by atoms with Gasteiger partial charge in [0, 0.05) is 4.90 Å². The van der Waals surface area contributed by atoms with Crippen molar-refractivity contribution in [3.63, 3.8) is 0 Å². The standard InChI is InChI=1S/C16H27PS2/c1-3-5-10-14-17(15-11-6-4-2)19-18-16-12-8-7-9-13-16/h7-9,12-13H,3-6,10-11,14-15H2,1-2H3. The van der Waals surface area contributed by atoms with E-state index in [1.807, 2.05) is 10.8 Å². The van der Waals surface area contributed by atoms with Crippen molar-refractivity contribution in [1.82, 2.24) is 0 Å². The monoisotopic (exact) mass is 314 g/mol. The molecule has 0 aliphatic rings. The van der Waals surface area contributed by atoms with Crippen molar-refractivity contribution in [2.24, 2.45) is 0 Å². The van der Waals surface area contributed by atoms with Gasteiger partial charge in [-0.15, -0.1) is 0 Å². The normalized spacial score (nSPS) is 11.1. The first-order valence-electron chi connectivity index (χ1n) is 7.51. The van der Waals surface area contributed by atoms with Gasteiger partial charge in [-0.25, -0.2) is 0 Å². The third-order valence-corrected chi connectivity index (χ3v) is 10.5. The molecule has 108 valence electrons. The highest BCUT2D eigenvalue weighted by Gasteiger charge is 2.09. The number of benzene rings is 1. The summed E-state index contributed by atoms with van der Waals surface area (Å²) in [4.78, 5) is 1.41. The van der Waals surface area contributed by atoms with Gasteiger partial charge in [0.15, 0.2) is 0 Å². The van der Waals surface area contributed by atoms with Crippen LogP contribution in [0.3, 0.4) is 0 Å². The van der Waals surface area contributed by atoms with E-state index in [0.717, 1.165) is 0 Å². The molecule has 0 aromatic heterocycles. The molecule has 0 fully saturated rings. The molecule has 19 heavy (non-hydrogen) atoms. The van der Waals surface area contributed by atoms with E-state index in [2.05, 4.69) is 54.6 Å². The summed E-state index contributed by atoms with van der Waals surface area (Å²) < 4.78 is 0. The molecule has 3 heteroatoms. The highest BCUT2D eigenvalue weighted by atomic mass is 33.3. The second kappa shape index (κ2) is 12.1. The van der Waals surface area contributed by atoms with E-state index < -0.39 is 0 Å². The molecule has 0 atom stereocenters. The van der Waals surface area contributed by atoms with E-state index in [-0.39, 0.29) is 7.12 Å². The highest BCUT2D eigenvalue weighted by molar-refractivity contribution is 8.98. The van der Waals surface area contributed by atoms with Gasteiger partial charge in [-0.1, -0.05) is 78.9 Å². The fourth-order valence-corrected chi connectivity index (χ4v) is 9.01. The lowest BCUT2D eigenvalue weighted by Gasteiger charge is -2.16. The Morgan fingerprint density at radius 3 is 1.95 bits per heavy atom. The van der Waals surface area contributed by atoms with Gasteiger partial charge in [0.2, 0.25) is 0 Å². The van der Waals surface area contributed by atoms with Gasteiger partial charge in [-0.05, 0) is 44.4 Å². The van der Waals surface area contributed by atoms with Crippen LogP contribution in [0.4, 0.5) is 0 Å². The van der Waals surface area contributed by atoms with Crippen LogP contribution in [0, 0.1) is 0 Å². The molecule has 0 radical (unpaired) electrons. The van der Waals surface area contributed by atoms with E-state index >= 15 is 0 Å². The molecule has 0 saturated heterocycles. The number of unbranched alkanes of at least 4 members (excludes halogenated alkanes) is 4. The Kier molecular flexibility index (Phi) is 11.1. The Bertz CT molecular complexity index is 293. The zero-order valence-electron chi connectivity index (χ0n) is 12.3. The van der Waals surface area contributed by atoms with Crippen LogP contribution in [-0.4, -0.2) is 12.3 Å². The quantitative estimate of drug-likeness (QED) is 0.240. The molecule has 0 bridgehead atoms. The molecule has 0 N–H and O–H groups in total. The van der Waals surface area contributed by atoms with Crippen molar-refractivity contribution >= 4 is 28.3 Å². The molecule has 0 heterocycles. The van der Waals surface area contributed by atoms with Crippen LogP contribution in [0.2, 0.25) is 0 Å². The maximum Gasteiger partial charge on any atom is 0.0186 e. The Morgan fingerprint density at radius 2 is 1.42 bits per heavy atom. The van der Waals surface area contributed by atoms with E-state index in [1.165, 1.54) is 55.7 Å². The van der Waals surface area contributed by atoms with Gasteiger partial charge < -0.3 is 0 Å². The van der Waals surface area contributed by atoms with Crippen LogP contribution >= 0.6 is 28.3 Å². The third-order valence-electron chi connectivity index (χ3n) is 3.00. The predicted molar refractivity (Wildman–Crippen MR) is 95.6 cm³/mol. The van der Waals surface area contributed by atoms with Gasteiger partial charge in [0.1, 0.15) is 0 Å². The molecule has 0 aliphatic heterocycles. The summed E-state index contributed by atoms with van der Waals surface area (Å²) in [5, 5.41) is 0. The molecule has 1 aromatic carbocycles. The first kappa shape index (κ1) is 17.4. The molecule has 0 aliphatic carbocycles. The Labute approximate surface area is 128 Å². The summed E-state index contributed by atoms with van der Waals surface area (Å²) in [6.45, 7) is 4.59. The largest absolute Gasteiger partial charge is 0.0654 e. The summed E-state index contributed by atoms with van der Waals surface area (Å²) in [7, 11) is 4.32. The van der Waals surface area contributed by atoms with Gasteiger partial charge in [0.25, 0.3) is 0 Å². The summed E-state index contributed by atoms with van der Waals surface area (Å²) in [6, 6.07) is 10.8. The van der Waals surface area contributed by atoms with E-state index in [4.69, 9.17) is 0 Å². The number of hydrogen-bond donors (Lipinski definition) is 0. The average Bonchev–Trinajstić information content (AvgIpc) is 2.45. The maximum absolute atomic E-state index is 2.30. The smallest absolute Gasteiger partial charge is 0.0186 e. The molecule has 0 spiro atoms. The van der Waals surface area contributed by atoms with Crippen molar-refractivity contribution in [3.05, 3.63) is 30.3 Å². The molecular weight excluding hydrogens is 287 g/mol. The fraction of sp³-hybridized carbons (Fsp3) is 0.625. The predicted octanol–water partition coefficient (Wildman–Crippen LogP) is 7.20. The zero-order valence-corrected chi connectivity index (χ0v) is 14.8. The summed E-state index contributed by atoms with van der Waals surface area (Å²) in [5.74, 6) is 0. The summed E-state index contributed by atoms with van der Waals surface area (Å²) >= 11 is 0. The van der Waals surface area contributed by atoms with Gasteiger partial charge >= 0.3 is 0 Å². The van der Waals surface area contributed by atoms with Crippen molar-refractivity contribution in [2.45, 2.75) is 57.3 Å². The summed E-state index contributed by atoms with van der Waals surface area (Å²) in [5.41, 5.74) is 0. The van der Waals surface area contributed by atoms with Crippen LogP contribution in [-0.2, 0) is 0 Å². The van der Waals surface area contributed by atoms with Crippen LogP contribution in [0.1, 0.15) is 52.4 Å². The number of rotatable bonds is 11. The van der Waals surface area contributed by atoms with Crippen molar-refractivity contribution in [1.29, 1.82) is 0 Å². The molecule has 1 aromatic rings. The van der Waals surface area contributed by atoms with Crippen LogP contribution in [0.15, 0.2) is 35.2 Å². The SMILES string of the molecule is CCCCCP(CCCCC)SSc1ccccc1. The van der Waals surface area contributed by atoms with Gasteiger partial charge in [0.05, 0.1) is 0 Å². The number of hydrogen-bond acceptors (Lipinski definition) is 2. The van der Waals surface area contributed by atoms with Gasteiger partial charge in [-0.3, -0.25) is 0 Å². The lowest BCUT2D eigenvalue weighted by Crippen LogP contribution is -1.88. The van der Waals surface area contributed by atoms with Crippen LogP contribution in [0.25, 0.3) is 0 Å². The second-order valence-corrected chi connectivity index (χ2v) is 11.3. The Hall–Kier alpha value is 0.350. The van der Waals surface area contributed by atoms with Crippen LogP contribution < -0.4 is 0 Å². The van der Waals surface area contributed by atoms with E-state index in [1.54, 1.807) is 0 Å². The van der Waals surface area contributed by atoms with Gasteiger partial charge in [-0.2, -0.15) is 0 Å². The highest BCUT2D eigenvalue weighted by Crippen LogP contribution is 2.59. The van der Waals surface area contributed by atoms with E-state index in [9.17, 15) is 0 Å². The van der Waals surface area contributed by atoms with E-state index in [0.29, 0.717) is 0 Å². The third kappa shape index (κ3) is 9.00. The minimum atomic E-state index is 0.172. The lowest BCUT2D eigenvalue weighted by molar-refractivity contribution is 0.764. The molecular formula is C16H27PS2. The fourth-order valence-electron chi connectivity index (χ4n) is 1.83. The van der Waals surface area contributed by atoms with Crippen LogP contribution in [0.5, 0.6) is 0 Å². The van der Waals surface area contributed by atoms with Crippen molar-refractivity contribution < 1.29 is 0 Å². The minimum Gasteiger partial charge on any atom is -0.0654 e. The molecule has 1 rings (SSSR count). The maximum atomic E-state index is 2.30. The Morgan fingerprint density at radius 1 is 0.842 bits per heavy atom. The minimum absolute atomic E-state index is 0.172. The second-order valence-electron chi connectivity index (χ2n) is 4.81. The molecule has 0 nitrogen and oxygen atoms in total. The van der Waals surface area contributed by atoms with Crippen molar-refractivity contribution in [3.8, 4) is 0 Å². The zero-order chi connectivity index (χ0) is 13.8.